The molecule has 0 aliphatic carbocycles. The zero-order valence-electron chi connectivity index (χ0n) is 14.6. The smallest absolute Gasteiger partial charge is 0.266 e. The summed E-state index contributed by atoms with van der Waals surface area (Å²) in [7, 11) is 0. The van der Waals surface area contributed by atoms with Gasteiger partial charge in [0.15, 0.2) is 0 Å². The van der Waals surface area contributed by atoms with Crippen LogP contribution in [-0.4, -0.2) is 37.3 Å². The fourth-order valence-corrected chi connectivity index (χ4v) is 3.31. The molecule has 3 aromatic rings. The van der Waals surface area contributed by atoms with E-state index in [2.05, 4.69) is 25.0 Å². The molecule has 0 bridgehead atoms. The Morgan fingerprint density at radius 2 is 2.08 bits per heavy atom. The van der Waals surface area contributed by atoms with E-state index in [0.29, 0.717) is 6.54 Å². The van der Waals surface area contributed by atoms with Crippen molar-refractivity contribution >= 4 is 5.82 Å². The molecule has 0 N–H and O–H groups in total. The number of anilines is 1. The summed E-state index contributed by atoms with van der Waals surface area (Å²) in [4.78, 5) is 27.5. The number of hydrogen-bond acceptors (Lipinski definition) is 6. The molecule has 0 saturated carbocycles. The zero-order valence-corrected chi connectivity index (χ0v) is 14.6. The predicted octanol–water partition coefficient (Wildman–Crippen LogP) is 2.07. The van der Waals surface area contributed by atoms with Crippen molar-refractivity contribution in [1.82, 2.24) is 24.7 Å². The molecule has 26 heavy (non-hydrogen) atoms. The third-order valence-corrected chi connectivity index (χ3v) is 4.65. The maximum Gasteiger partial charge on any atom is 0.266 e. The van der Waals surface area contributed by atoms with Crippen LogP contribution in [0, 0.1) is 6.92 Å². The van der Waals surface area contributed by atoms with Crippen LogP contribution >= 0.6 is 0 Å². The Morgan fingerprint density at radius 3 is 2.85 bits per heavy atom. The van der Waals surface area contributed by atoms with Crippen molar-refractivity contribution in [2.45, 2.75) is 32.4 Å². The van der Waals surface area contributed by atoms with Crippen molar-refractivity contribution in [3.05, 3.63) is 65.1 Å². The minimum atomic E-state index is -0.0977. The van der Waals surface area contributed by atoms with Crippen LogP contribution in [0.3, 0.4) is 0 Å². The maximum absolute atomic E-state index is 12.3. The predicted molar refractivity (Wildman–Crippen MR) is 98.9 cm³/mol. The van der Waals surface area contributed by atoms with Crippen LogP contribution in [0.25, 0.3) is 11.3 Å². The highest BCUT2D eigenvalue weighted by Gasteiger charge is 2.27. The Morgan fingerprint density at radius 1 is 1.15 bits per heavy atom. The van der Waals surface area contributed by atoms with E-state index in [1.54, 1.807) is 41.6 Å². The van der Waals surface area contributed by atoms with Crippen molar-refractivity contribution in [2.24, 2.45) is 0 Å². The minimum Gasteiger partial charge on any atom is -0.350 e. The number of nitrogens with zero attached hydrogens (tertiary/aromatic N) is 6. The van der Waals surface area contributed by atoms with E-state index in [-0.39, 0.29) is 11.6 Å². The summed E-state index contributed by atoms with van der Waals surface area (Å²) < 4.78 is 1.55. The van der Waals surface area contributed by atoms with E-state index < -0.39 is 0 Å². The lowest BCUT2D eigenvalue weighted by molar-refractivity contribution is 0.488. The van der Waals surface area contributed by atoms with Crippen LogP contribution < -0.4 is 10.5 Å². The van der Waals surface area contributed by atoms with Crippen LogP contribution in [0.2, 0.25) is 0 Å². The van der Waals surface area contributed by atoms with Gasteiger partial charge in [-0.1, -0.05) is 0 Å². The van der Waals surface area contributed by atoms with Gasteiger partial charge in [0.2, 0.25) is 0 Å². The molecular formula is C19H20N6O. The summed E-state index contributed by atoms with van der Waals surface area (Å²) in [5, 5.41) is 4.55. The second-order valence-electron chi connectivity index (χ2n) is 6.49. The van der Waals surface area contributed by atoms with Crippen LogP contribution in [-0.2, 0) is 6.54 Å². The lowest BCUT2D eigenvalue weighted by Crippen LogP contribution is -2.37. The van der Waals surface area contributed by atoms with Crippen LogP contribution in [0.15, 0.2) is 53.8 Å². The molecule has 132 valence electrons. The first-order chi connectivity index (χ1) is 12.7. The van der Waals surface area contributed by atoms with Crippen molar-refractivity contribution in [3.8, 4) is 11.3 Å². The van der Waals surface area contributed by atoms with Gasteiger partial charge in [0, 0.05) is 30.6 Å². The van der Waals surface area contributed by atoms with E-state index in [1.165, 1.54) is 0 Å². The quantitative estimate of drug-likeness (QED) is 0.718. The molecule has 4 heterocycles. The van der Waals surface area contributed by atoms with E-state index in [4.69, 9.17) is 0 Å². The third-order valence-electron chi connectivity index (χ3n) is 4.65. The van der Waals surface area contributed by atoms with Crippen LogP contribution in [0.4, 0.5) is 5.82 Å². The number of aromatic nitrogens is 5. The van der Waals surface area contributed by atoms with Gasteiger partial charge in [-0.3, -0.25) is 14.8 Å². The molecule has 1 aliphatic rings. The minimum absolute atomic E-state index is 0.0977. The molecule has 1 saturated heterocycles. The third kappa shape index (κ3) is 3.33. The van der Waals surface area contributed by atoms with E-state index >= 15 is 0 Å². The Bertz CT molecular complexity index is 938. The van der Waals surface area contributed by atoms with E-state index in [9.17, 15) is 4.79 Å². The SMILES string of the molecule is Cc1cnc(N2CCCC2Cn2nc(-c3cccnc3)ccc2=O)cn1. The second-order valence-corrected chi connectivity index (χ2v) is 6.49. The average molecular weight is 348 g/mol. The number of aryl methyl sites for hydroxylation is 1. The summed E-state index contributed by atoms with van der Waals surface area (Å²) in [5.41, 5.74) is 2.44. The Balaban J connectivity index is 1.60. The van der Waals surface area contributed by atoms with Gasteiger partial charge in [-0.15, -0.1) is 0 Å². The van der Waals surface area contributed by atoms with Crippen LogP contribution in [0.1, 0.15) is 18.5 Å². The van der Waals surface area contributed by atoms with Crippen molar-refractivity contribution in [3.63, 3.8) is 0 Å². The van der Waals surface area contributed by atoms with Gasteiger partial charge in [0.05, 0.1) is 36.4 Å². The second kappa shape index (κ2) is 7.03. The monoisotopic (exact) mass is 348 g/mol. The normalized spacial score (nSPS) is 16.8. The largest absolute Gasteiger partial charge is 0.350 e. The summed E-state index contributed by atoms with van der Waals surface area (Å²) in [6, 6.07) is 7.30. The molecule has 0 radical (unpaired) electrons. The maximum atomic E-state index is 12.3. The summed E-state index contributed by atoms with van der Waals surface area (Å²) in [6.07, 6.45) is 9.12. The molecule has 1 fully saturated rings. The first kappa shape index (κ1) is 16.4. The van der Waals surface area contributed by atoms with Gasteiger partial charge in [0.25, 0.3) is 5.56 Å². The Kier molecular flexibility index (Phi) is 4.43. The Hall–Kier alpha value is -3.09. The molecule has 1 unspecified atom stereocenters. The van der Waals surface area contributed by atoms with Crippen LogP contribution in [0.5, 0.6) is 0 Å². The molecule has 0 spiro atoms. The highest BCUT2D eigenvalue weighted by atomic mass is 16.1. The van der Waals surface area contributed by atoms with Gasteiger partial charge in [-0.05, 0) is 38.0 Å². The molecule has 0 amide bonds. The zero-order chi connectivity index (χ0) is 17.9. The summed E-state index contributed by atoms with van der Waals surface area (Å²) in [6.45, 7) is 3.37. The van der Waals surface area contributed by atoms with Gasteiger partial charge < -0.3 is 4.90 Å². The van der Waals surface area contributed by atoms with Gasteiger partial charge >= 0.3 is 0 Å². The van der Waals surface area contributed by atoms with Crippen molar-refractivity contribution in [1.29, 1.82) is 0 Å². The van der Waals surface area contributed by atoms with Crippen molar-refractivity contribution in [2.75, 3.05) is 11.4 Å². The molecule has 1 aliphatic heterocycles. The van der Waals surface area contributed by atoms with E-state index in [0.717, 1.165) is 42.2 Å². The fourth-order valence-electron chi connectivity index (χ4n) is 3.31. The van der Waals surface area contributed by atoms with Crippen molar-refractivity contribution < 1.29 is 0 Å². The first-order valence-electron chi connectivity index (χ1n) is 8.74. The topological polar surface area (TPSA) is 76.8 Å². The highest BCUT2D eigenvalue weighted by molar-refractivity contribution is 5.56. The molecule has 3 aromatic heterocycles. The fraction of sp³-hybridized carbons (Fsp3) is 0.316. The molecule has 0 aromatic carbocycles. The standard InChI is InChI=1S/C19H20N6O/c1-14-10-22-18(12-21-14)24-9-3-5-16(24)13-25-19(26)7-6-17(23-25)15-4-2-8-20-11-15/h2,4,6-8,10-12,16H,3,5,9,13H2,1H3. The van der Waals surface area contributed by atoms with E-state index in [1.807, 2.05) is 19.1 Å². The lowest BCUT2D eigenvalue weighted by atomic mass is 10.2. The van der Waals surface area contributed by atoms with Gasteiger partial charge in [-0.25, -0.2) is 9.67 Å². The van der Waals surface area contributed by atoms with Gasteiger partial charge in [0.1, 0.15) is 5.82 Å². The molecule has 7 heteroatoms. The highest BCUT2D eigenvalue weighted by Crippen LogP contribution is 2.24. The number of rotatable bonds is 4. The average Bonchev–Trinajstić information content (AvgIpc) is 3.13. The molecular weight excluding hydrogens is 328 g/mol. The number of pyridine rings is 1. The lowest BCUT2D eigenvalue weighted by Gasteiger charge is -2.25. The summed E-state index contributed by atoms with van der Waals surface area (Å²) >= 11 is 0. The Labute approximate surface area is 151 Å². The summed E-state index contributed by atoms with van der Waals surface area (Å²) in [5.74, 6) is 0.856. The molecule has 1 atom stereocenters. The number of hydrogen-bond donors (Lipinski definition) is 0. The molecule has 7 nitrogen and oxygen atoms in total. The first-order valence-corrected chi connectivity index (χ1v) is 8.74. The van der Waals surface area contributed by atoms with Gasteiger partial charge in [-0.2, -0.15) is 5.10 Å². The molecule has 4 rings (SSSR count).